The minimum absolute atomic E-state index is 0. The molecule has 1 saturated heterocycles. The van der Waals surface area contributed by atoms with Crippen LogP contribution < -0.4 is 20.9 Å². The van der Waals surface area contributed by atoms with Crippen LogP contribution in [0.4, 0.5) is 21.0 Å². The van der Waals surface area contributed by atoms with Crippen molar-refractivity contribution in [1.29, 1.82) is 0 Å². The molecule has 2 aromatic rings. The van der Waals surface area contributed by atoms with E-state index in [9.17, 15) is 19.2 Å². The molecule has 1 atom stereocenters. The van der Waals surface area contributed by atoms with Crippen LogP contribution in [0, 0.1) is 0 Å². The first-order valence-electron chi connectivity index (χ1n) is 10.0. The Hall–Kier alpha value is -3.88. The number of hydrogen-bond donors (Lipinski definition) is 3. The Morgan fingerprint density at radius 3 is 2.65 bits per heavy atom. The van der Waals surface area contributed by atoms with Crippen LogP contribution in [0.1, 0.15) is 19.5 Å². The van der Waals surface area contributed by atoms with E-state index in [1.807, 2.05) is 36.4 Å². The topological polar surface area (TPSA) is 111 Å². The van der Waals surface area contributed by atoms with Gasteiger partial charge in [-0.3, -0.25) is 19.8 Å². The van der Waals surface area contributed by atoms with Crippen molar-refractivity contribution in [2.24, 2.45) is 0 Å². The summed E-state index contributed by atoms with van der Waals surface area (Å²) in [6.45, 7) is 0.392. The molecule has 0 aromatic heterocycles. The van der Waals surface area contributed by atoms with Gasteiger partial charge in [0.05, 0.1) is 5.69 Å². The molecule has 6 amide bonds. The van der Waals surface area contributed by atoms with E-state index in [-0.39, 0.29) is 27.2 Å². The van der Waals surface area contributed by atoms with Crippen LogP contribution in [0.2, 0.25) is 0 Å². The van der Waals surface area contributed by atoms with Crippen LogP contribution in [-0.2, 0) is 29.0 Å². The normalized spacial score (nSPS) is 21.6. The lowest BCUT2D eigenvalue weighted by atomic mass is 9.96. The number of hydrogen-bond acceptors (Lipinski definition) is 4. The molecule has 9 heteroatoms. The molecule has 31 heavy (non-hydrogen) atoms. The molecule has 5 rings (SSSR count). The first-order chi connectivity index (χ1) is 14.8. The fourth-order valence-electron chi connectivity index (χ4n) is 4.57. The first kappa shape index (κ1) is 19.1. The third-order valence-electron chi connectivity index (χ3n) is 6.04. The van der Waals surface area contributed by atoms with Crippen molar-refractivity contribution in [3.8, 4) is 0 Å². The molecule has 9 nitrogen and oxygen atoms in total. The van der Waals surface area contributed by atoms with Crippen molar-refractivity contribution in [2.45, 2.75) is 24.9 Å². The number of nitrogens with zero attached hydrogens (tertiary/aromatic N) is 2. The molecule has 1 unspecified atom stereocenters. The minimum Gasteiger partial charge on any atom is -0.325 e. The van der Waals surface area contributed by atoms with Crippen LogP contribution in [0.5, 0.6) is 0 Å². The molecule has 162 valence electrons. The van der Waals surface area contributed by atoms with E-state index in [0.29, 0.717) is 25.1 Å². The number of carbonyl (C=O) groups is 4. The lowest BCUT2D eigenvalue weighted by Crippen LogP contribution is -2.48. The number of rotatable bonds is 3. The van der Waals surface area contributed by atoms with Crippen LogP contribution >= 0.6 is 0 Å². The molecule has 1 spiro atoms. The zero-order chi connectivity index (χ0) is 21.8. The summed E-state index contributed by atoms with van der Waals surface area (Å²) >= 11 is 0. The lowest BCUT2D eigenvalue weighted by Gasteiger charge is -2.34. The first-order valence-corrected chi connectivity index (χ1v) is 10.0. The van der Waals surface area contributed by atoms with Gasteiger partial charge in [0.1, 0.15) is 12.1 Å². The molecule has 3 N–H and O–H groups in total. The highest BCUT2D eigenvalue weighted by molar-refractivity contribution is 6.08. The smallest absolute Gasteiger partial charge is 0.325 e. The summed E-state index contributed by atoms with van der Waals surface area (Å²) in [4.78, 5) is 52.2. The molecule has 0 bridgehead atoms. The van der Waals surface area contributed by atoms with Crippen LogP contribution in [-0.4, -0.2) is 47.9 Å². The summed E-state index contributed by atoms with van der Waals surface area (Å²) in [7, 11) is 1.71. The van der Waals surface area contributed by atoms with E-state index in [0.717, 1.165) is 22.4 Å². The number of carbonyl (C=O) groups excluding carboxylic acids is 4. The minimum atomic E-state index is -0.948. The number of anilines is 2. The molecular weight excluding hydrogens is 398 g/mol. The van der Waals surface area contributed by atoms with Gasteiger partial charge in [0.15, 0.2) is 0 Å². The Morgan fingerprint density at radius 1 is 1.10 bits per heavy atom. The summed E-state index contributed by atoms with van der Waals surface area (Å²) in [5.74, 6) is -0.649. The largest absolute Gasteiger partial charge is 0.325 e. The Morgan fingerprint density at radius 2 is 1.87 bits per heavy atom. The van der Waals surface area contributed by atoms with Gasteiger partial charge in [-0.05, 0) is 34.9 Å². The molecule has 0 radical (unpaired) electrons. The zero-order valence-corrected chi connectivity index (χ0v) is 16.9. The second kappa shape index (κ2) is 6.83. The predicted octanol–water partition coefficient (Wildman–Crippen LogP) is 1.87. The third kappa shape index (κ3) is 3.18. The molecule has 1 aliphatic carbocycles. The fourth-order valence-corrected chi connectivity index (χ4v) is 4.57. The third-order valence-corrected chi connectivity index (χ3v) is 6.04. The molecular formula is C22H25N5O4. The van der Waals surface area contributed by atoms with Gasteiger partial charge in [0.2, 0.25) is 5.91 Å². The number of urea groups is 2. The number of amides is 6. The number of benzene rings is 2. The number of nitrogens with one attached hydrogen (secondary N) is 3. The maximum Gasteiger partial charge on any atom is 0.325 e. The van der Waals surface area contributed by atoms with Gasteiger partial charge in [-0.25, -0.2) is 9.59 Å². The average molecular weight is 423 g/mol. The standard InChI is InChI=1S/C22H21N5O4.2H2/c1-26-11-14-4-2-3-5-17(14)27(21(26)31)12-18(28)23-16-7-6-13-9-22(10-15(13)8-16)19(29)24-20(30)25-22;;/h2-8H,9-12H2,1H3,(H,23,28)(H2,24,25,29,30);2*1H. The highest BCUT2D eigenvalue weighted by Crippen LogP contribution is 2.34. The summed E-state index contributed by atoms with van der Waals surface area (Å²) in [5.41, 5.74) is 3.20. The van der Waals surface area contributed by atoms with Gasteiger partial charge in [0.25, 0.3) is 5.91 Å². The zero-order valence-electron chi connectivity index (χ0n) is 16.9. The highest BCUT2D eigenvalue weighted by Gasteiger charge is 2.50. The second-order valence-electron chi connectivity index (χ2n) is 8.23. The van der Waals surface area contributed by atoms with E-state index in [1.54, 1.807) is 18.0 Å². The maximum absolute atomic E-state index is 12.7. The number of fused-ring (bicyclic) bond motifs is 2. The molecule has 3 aliphatic rings. The monoisotopic (exact) mass is 423 g/mol. The maximum atomic E-state index is 12.7. The van der Waals surface area contributed by atoms with Crippen molar-refractivity contribution in [3.05, 3.63) is 59.2 Å². The SMILES string of the molecule is CN1Cc2ccccc2N(CC(=O)Nc2ccc3c(c2)CC2(C3)NC(=O)NC2=O)C1=O.[HH].[HH]. The van der Waals surface area contributed by atoms with E-state index in [4.69, 9.17) is 0 Å². The summed E-state index contributed by atoms with van der Waals surface area (Å²) in [6.07, 6.45) is 0.784. The average Bonchev–Trinajstić information content (AvgIpc) is 3.22. The van der Waals surface area contributed by atoms with Crippen molar-refractivity contribution < 1.29 is 22.0 Å². The number of para-hydroxylation sites is 1. The Bertz CT molecular complexity index is 1160. The van der Waals surface area contributed by atoms with Crippen LogP contribution in [0.3, 0.4) is 0 Å². The molecule has 2 heterocycles. The Balaban J connectivity index is 0.00000153. The summed E-state index contributed by atoms with van der Waals surface area (Å²) in [5, 5.41) is 7.86. The van der Waals surface area contributed by atoms with Crippen molar-refractivity contribution >= 4 is 35.3 Å². The molecule has 2 aromatic carbocycles. The fraction of sp³-hybridized carbons (Fsp3) is 0.273. The number of imide groups is 1. The van der Waals surface area contributed by atoms with Crippen molar-refractivity contribution in [3.63, 3.8) is 0 Å². The Kier molecular flexibility index (Phi) is 4.21. The summed E-state index contributed by atoms with van der Waals surface area (Å²) < 4.78 is 0. The quantitative estimate of drug-likeness (QED) is 0.655. The lowest BCUT2D eigenvalue weighted by molar-refractivity contribution is -0.123. The Labute approximate surface area is 181 Å². The van der Waals surface area contributed by atoms with E-state index in [2.05, 4.69) is 16.0 Å². The predicted molar refractivity (Wildman–Crippen MR) is 117 cm³/mol. The van der Waals surface area contributed by atoms with Crippen LogP contribution in [0.25, 0.3) is 0 Å². The van der Waals surface area contributed by atoms with Gasteiger partial charge < -0.3 is 15.5 Å². The van der Waals surface area contributed by atoms with Gasteiger partial charge in [-0.1, -0.05) is 24.3 Å². The van der Waals surface area contributed by atoms with Gasteiger partial charge in [0, 0.05) is 35.0 Å². The van der Waals surface area contributed by atoms with E-state index >= 15 is 0 Å². The van der Waals surface area contributed by atoms with Gasteiger partial charge >= 0.3 is 12.1 Å². The second-order valence-corrected chi connectivity index (χ2v) is 8.23. The van der Waals surface area contributed by atoms with Crippen LogP contribution in [0.15, 0.2) is 42.5 Å². The molecule has 0 saturated carbocycles. The van der Waals surface area contributed by atoms with Gasteiger partial charge in [-0.2, -0.15) is 0 Å². The molecule has 2 aliphatic heterocycles. The van der Waals surface area contributed by atoms with E-state index in [1.165, 1.54) is 4.90 Å². The van der Waals surface area contributed by atoms with Crippen molar-refractivity contribution in [2.75, 3.05) is 23.8 Å². The van der Waals surface area contributed by atoms with E-state index < -0.39 is 11.6 Å². The highest BCUT2D eigenvalue weighted by atomic mass is 16.2. The molecule has 1 fully saturated rings. The summed E-state index contributed by atoms with van der Waals surface area (Å²) in [6, 6.07) is 12.3. The van der Waals surface area contributed by atoms with Crippen molar-refractivity contribution in [1.82, 2.24) is 15.5 Å². The van der Waals surface area contributed by atoms with Gasteiger partial charge in [-0.15, -0.1) is 0 Å².